The molecule has 2 heterocycles. The largest absolute Gasteiger partial charge is 0.480 e. The third-order valence-corrected chi connectivity index (χ3v) is 3.66. The Kier molecular flexibility index (Phi) is 4.77. The third kappa shape index (κ3) is 3.55. The molecule has 0 fully saturated rings. The lowest BCUT2D eigenvalue weighted by atomic mass is 10.2. The fourth-order valence-electron chi connectivity index (χ4n) is 2.24. The molecule has 0 aliphatic heterocycles. The standard InChI is InChI=1S/C17H15ClN4O2/c1-24-17-14(3-2-9-19-17)16(23)21-15-8-10-20-22(15)11-12-4-6-13(18)7-5-12/h2-10H,11H2,1H3,(H,21,23). The molecule has 1 amide bonds. The number of hydrogen-bond donors (Lipinski definition) is 1. The second kappa shape index (κ2) is 7.14. The Morgan fingerprint density at radius 2 is 2.00 bits per heavy atom. The van der Waals surface area contributed by atoms with Gasteiger partial charge in [0.25, 0.3) is 5.91 Å². The van der Waals surface area contributed by atoms with E-state index in [2.05, 4.69) is 15.4 Å². The van der Waals surface area contributed by atoms with Crippen LogP contribution in [-0.4, -0.2) is 27.8 Å². The lowest BCUT2D eigenvalue weighted by molar-refractivity contribution is 0.102. The maximum atomic E-state index is 12.5. The van der Waals surface area contributed by atoms with E-state index in [1.165, 1.54) is 7.11 Å². The number of nitrogens with zero attached hydrogens (tertiary/aromatic N) is 3. The van der Waals surface area contributed by atoms with E-state index in [9.17, 15) is 4.79 Å². The van der Waals surface area contributed by atoms with Gasteiger partial charge in [0.2, 0.25) is 5.88 Å². The van der Waals surface area contributed by atoms with Crippen molar-refractivity contribution in [2.45, 2.75) is 6.54 Å². The summed E-state index contributed by atoms with van der Waals surface area (Å²) in [6, 6.07) is 12.5. The van der Waals surface area contributed by atoms with Gasteiger partial charge in [0.1, 0.15) is 11.4 Å². The van der Waals surface area contributed by atoms with Crippen LogP contribution < -0.4 is 10.1 Å². The first-order chi connectivity index (χ1) is 11.7. The SMILES string of the molecule is COc1ncccc1C(=O)Nc1ccnn1Cc1ccc(Cl)cc1. The van der Waals surface area contributed by atoms with Gasteiger partial charge >= 0.3 is 0 Å². The highest BCUT2D eigenvalue weighted by molar-refractivity contribution is 6.30. The number of methoxy groups -OCH3 is 1. The van der Waals surface area contributed by atoms with Gasteiger partial charge in [-0.1, -0.05) is 23.7 Å². The van der Waals surface area contributed by atoms with Gasteiger partial charge in [0.05, 0.1) is 19.9 Å². The van der Waals surface area contributed by atoms with Crippen LogP contribution in [0.4, 0.5) is 5.82 Å². The van der Waals surface area contributed by atoms with Crippen LogP contribution in [0.25, 0.3) is 0 Å². The van der Waals surface area contributed by atoms with Crippen molar-refractivity contribution < 1.29 is 9.53 Å². The Balaban J connectivity index is 1.78. The summed E-state index contributed by atoms with van der Waals surface area (Å²) in [4.78, 5) is 16.5. The Labute approximate surface area is 144 Å². The van der Waals surface area contributed by atoms with Crippen molar-refractivity contribution in [3.63, 3.8) is 0 Å². The number of carbonyl (C=O) groups excluding carboxylic acids is 1. The molecule has 24 heavy (non-hydrogen) atoms. The van der Waals surface area contributed by atoms with Gasteiger partial charge in [-0.05, 0) is 29.8 Å². The van der Waals surface area contributed by atoms with E-state index in [1.807, 2.05) is 24.3 Å². The van der Waals surface area contributed by atoms with E-state index in [0.29, 0.717) is 22.9 Å². The quantitative estimate of drug-likeness (QED) is 0.772. The fourth-order valence-corrected chi connectivity index (χ4v) is 2.36. The van der Waals surface area contributed by atoms with E-state index in [1.54, 1.807) is 35.3 Å². The summed E-state index contributed by atoms with van der Waals surface area (Å²) < 4.78 is 6.81. The lowest BCUT2D eigenvalue weighted by Crippen LogP contribution is -2.17. The molecular weight excluding hydrogens is 328 g/mol. The molecule has 0 unspecified atom stereocenters. The van der Waals surface area contributed by atoms with Crippen LogP contribution in [0.3, 0.4) is 0 Å². The predicted molar refractivity (Wildman–Crippen MR) is 91.5 cm³/mol. The minimum absolute atomic E-state index is 0.277. The molecule has 122 valence electrons. The normalized spacial score (nSPS) is 10.4. The Bertz CT molecular complexity index is 846. The van der Waals surface area contributed by atoms with Crippen LogP contribution in [0.5, 0.6) is 5.88 Å². The van der Waals surface area contributed by atoms with E-state index in [4.69, 9.17) is 16.3 Å². The topological polar surface area (TPSA) is 69.0 Å². The molecular formula is C17H15ClN4O2. The molecule has 3 rings (SSSR count). The smallest absolute Gasteiger partial charge is 0.262 e. The number of halogens is 1. The second-order valence-corrected chi connectivity index (χ2v) is 5.45. The van der Waals surface area contributed by atoms with Crippen molar-refractivity contribution in [3.05, 3.63) is 71.0 Å². The maximum absolute atomic E-state index is 12.5. The number of pyridine rings is 1. The minimum atomic E-state index is -0.308. The molecule has 0 aliphatic carbocycles. The molecule has 0 atom stereocenters. The van der Waals surface area contributed by atoms with Gasteiger partial charge in [0, 0.05) is 17.3 Å². The van der Waals surface area contributed by atoms with E-state index in [0.717, 1.165) is 5.56 Å². The van der Waals surface area contributed by atoms with E-state index in [-0.39, 0.29) is 11.8 Å². The number of hydrogen-bond acceptors (Lipinski definition) is 4. The second-order valence-electron chi connectivity index (χ2n) is 5.01. The van der Waals surface area contributed by atoms with Crippen LogP contribution >= 0.6 is 11.6 Å². The number of nitrogens with one attached hydrogen (secondary N) is 1. The van der Waals surface area contributed by atoms with Crippen molar-refractivity contribution in [1.29, 1.82) is 0 Å². The van der Waals surface area contributed by atoms with E-state index < -0.39 is 0 Å². The lowest BCUT2D eigenvalue weighted by Gasteiger charge is -2.10. The van der Waals surface area contributed by atoms with Crippen LogP contribution in [0, 0.1) is 0 Å². The molecule has 7 heteroatoms. The van der Waals surface area contributed by atoms with Crippen LogP contribution in [0.2, 0.25) is 5.02 Å². The van der Waals surface area contributed by atoms with E-state index >= 15 is 0 Å². The van der Waals surface area contributed by atoms with Gasteiger partial charge in [-0.15, -0.1) is 0 Å². The Hall–Kier alpha value is -2.86. The predicted octanol–water partition coefficient (Wildman–Crippen LogP) is 3.24. The monoisotopic (exact) mass is 342 g/mol. The van der Waals surface area contributed by atoms with Crippen molar-refractivity contribution in [2.24, 2.45) is 0 Å². The molecule has 0 bridgehead atoms. The molecule has 0 saturated heterocycles. The summed E-state index contributed by atoms with van der Waals surface area (Å²) in [7, 11) is 1.48. The number of ether oxygens (including phenoxy) is 1. The first kappa shape index (κ1) is 16.0. The van der Waals surface area contributed by atoms with Crippen LogP contribution in [-0.2, 0) is 6.54 Å². The number of amides is 1. The third-order valence-electron chi connectivity index (χ3n) is 3.41. The Morgan fingerprint density at radius 1 is 1.21 bits per heavy atom. The molecule has 0 saturated carbocycles. The van der Waals surface area contributed by atoms with Crippen molar-refractivity contribution in [1.82, 2.24) is 14.8 Å². The average molecular weight is 343 g/mol. The first-order valence-electron chi connectivity index (χ1n) is 7.24. The molecule has 0 spiro atoms. The Morgan fingerprint density at radius 3 is 2.75 bits per heavy atom. The molecule has 1 aromatic carbocycles. The van der Waals surface area contributed by atoms with Crippen molar-refractivity contribution >= 4 is 23.3 Å². The fraction of sp³-hybridized carbons (Fsp3) is 0.118. The number of anilines is 1. The summed E-state index contributed by atoms with van der Waals surface area (Å²) in [5.74, 6) is 0.553. The summed E-state index contributed by atoms with van der Waals surface area (Å²) in [6.07, 6.45) is 3.20. The molecule has 1 N–H and O–H groups in total. The van der Waals surface area contributed by atoms with Gasteiger partial charge in [-0.2, -0.15) is 5.10 Å². The zero-order chi connectivity index (χ0) is 16.9. The zero-order valence-electron chi connectivity index (χ0n) is 12.9. The molecule has 0 radical (unpaired) electrons. The van der Waals surface area contributed by atoms with Gasteiger partial charge in [-0.3, -0.25) is 4.79 Å². The minimum Gasteiger partial charge on any atom is -0.480 e. The maximum Gasteiger partial charge on any atom is 0.262 e. The zero-order valence-corrected chi connectivity index (χ0v) is 13.7. The van der Waals surface area contributed by atoms with Gasteiger partial charge in [-0.25, -0.2) is 9.67 Å². The highest BCUT2D eigenvalue weighted by Gasteiger charge is 2.15. The van der Waals surface area contributed by atoms with Crippen LogP contribution in [0.1, 0.15) is 15.9 Å². The molecule has 2 aromatic heterocycles. The summed E-state index contributed by atoms with van der Waals surface area (Å²) in [5.41, 5.74) is 1.39. The van der Waals surface area contributed by atoms with Crippen molar-refractivity contribution in [2.75, 3.05) is 12.4 Å². The first-order valence-corrected chi connectivity index (χ1v) is 7.62. The van der Waals surface area contributed by atoms with Crippen molar-refractivity contribution in [3.8, 4) is 5.88 Å². The van der Waals surface area contributed by atoms with Gasteiger partial charge < -0.3 is 10.1 Å². The molecule has 3 aromatic rings. The summed E-state index contributed by atoms with van der Waals surface area (Å²) in [5, 5.41) is 7.75. The molecule has 6 nitrogen and oxygen atoms in total. The summed E-state index contributed by atoms with van der Waals surface area (Å²) in [6.45, 7) is 0.518. The number of carbonyl (C=O) groups is 1. The molecule has 0 aliphatic rings. The average Bonchev–Trinajstić information content (AvgIpc) is 3.03. The number of aromatic nitrogens is 3. The van der Waals surface area contributed by atoms with Gasteiger partial charge in [0.15, 0.2) is 0 Å². The number of benzene rings is 1. The highest BCUT2D eigenvalue weighted by atomic mass is 35.5. The van der Waals surface area contributed by atoms with Crippen LogP contribution in [0.15, 0.2) is 54.9 Å². The highest BCUT2D eigenvalue weighted by Crippen LogP contribution is 2.17. The number of rotatable bonds is 5. The summed E-state index contributed by atoms with van der Waals surface area (Å²) >= 11 is 5.89.